The molecule has 2 aliphatic heterocycles. The van der Waals surface area contributed by atoms with Crippen LogP contribution in [0, 0.1) is 0 Å². The Balaban J connectivity index is 1.40. The van der Waals surface area contributed by atoms with Gasteiger partial charge in [-0.05, 0) is 56.5 Å². The van der Waals surface area contributed by atoms with Crippen molar-refractivity contribution in [3.63, 3.8) is 0 Å². The van der Waals surface area contributed by atoms with E-state index in [0.717, 1.165) is 36.7 Å². The summed E-state index contributed by atoms with van der Waals surface area (Å²) in [5, 5.41) is 7.92. The molecule has 9 nitrogen and oxygen atoms in total. The molecule has 2 aliphatic rings. The maximum atomic E-state index is 6.58. The highest BCUT2D eigenvalue weighted by atomic mass is 35.5. The van der Waals surface area contributed by atoms with Gasteiger partial charge < -0.3 is 15.0 Å². The number of aromatic nitrogens is 3. The van der Waals surface area contributed by atoms with Gasteiger partial charge >= 0.3 is 0 Å². The first-order valence-corrected chi connectivity index (χ1v) is 12.3. The zero-order valence-corrected chi connectivity index (χ0v) is 21.2. The number of allylic oxidation sites excluding steroid dienone is 2. The summed E-state index contributed by atoms with van der Waals surface area (Å²) in [6, 6.07) is 9.12. The van der Waals surface area contributed by atoms with Gasteiger partial charge in [-0.1, -0.05) is 24.6 Å². The lowest BCUT2D eigenvalue weighted by Gasteiger charge is -2.34. The molecule has 0 amide bonds. The van der Waals surface area contributed by atoms with Crippen LogP contribution >= 0.6 is 11.6 Å². The minimum absolute atomic E-state index is 0.458. The Kier molecular flexibility index (Phi) is 6.81. The summed E-state index contributed by atoms with van der Waals surface area (Å²) in [7, 11) is 0. The summed E-state index contributed by atoms with van der Waals surface area (Å²) < 4.78 is 7.65. The number of likely N-dealkylation sites (tertiary alicyclic amines) is 1. The predicted octanol–water partition coefficient (Wildman–Crippen LogP) is 5.72. The standard InChI is InChI=1S/C26H27ClN8O/c1-4-17(3)26(34-10-6-11-34)33-24-21(5-2)28-15-30-25(24)32-18-7-8-22(20(27)13-18)36-19-9-12-35-23(14-19)29-16-31-35/h5,7-9,12-16H,4,6,10-11H2,1-3H3,(H,28,30,32)/b21-5+,26-17-,33-24+. The van der Waals surface area contributed by atoms with Crippen molar-refractivity contribution in [3.05, 3.63) is 71.0 Å². The number of anilines is 1. The van der Waals surface area contributed by atoms with E-state index in [4.69, 9.17) is 21.3 Å². The lowest BCUT2D eigenvalue weighted by molar-refractivity contribution is 0.233. The number of aliphatic imine (C=N–C) groups is 3. The molecule has 5 rings (SSSR count). The highest BCUT2D eigenvalue weighted by Crippen LogP contribution is 2.32. The number of ether oxygens (including phenoxy) is 1. The number of nitrogens with zero attached hydrogens (tertiary/aromatic N) is 7. The molecule has 0 bridgehead atoms. The Bertz CT molecular complexity index is 1450. The largest absolute Gasteiger partial charge is 0.456 e. The molecule has 3 aromatic rings. The number of hydrogen-bond donors (Lipinski definition) is 1. The quantitative estimate of drug-likeness (QED) is 0.465. The lowest BCUT2D eigenvalue weighted by Crippen LogP contribution is -2.37. The van der Waals surface area contributed by atoms with Gasteiger partial charge in [-0.2, -0.15) is 5.10 Å². The Morgan fingerprint density at radius 3 is 2.83 bits per heavy atom. The smallest absolute Gasteiger partial charge is 0.160 e. The number of halogens is 1. The third-order valence-corrected chi connectivity index (χ3v) is 6.38. The number of fused-ring (bicyclic) bond motifs is 1. The van der Waals surface area contributed by atoms with Gasteiger partial charge in [0.15, 0.2) is 11.5 Å². The van der Waals surface area contributed by atoms with E-state index in [9.17, 15) is 0 Å². The molecular formula is C26H27ClN8O. The normalized spacial score (nSPS) is 18.3. The Labute approximate surface area is 214 Å². The van der Waals surface area contributed by atoms with Crippen molar-refractivity contribution in [2.75, 3.05) is 18.4 Å². The second kappa shape index (κ2) is 10.3. The molecular weight excluding hydrogens is 476 g/mol. The van der Waals surface area contributed by atoms with Crippen molar-refractivity contribution in [3.8, 4) is 11.5 Å². The molecule has 10 heteroatoms. The van der Waals surface area contributed by atoms with Crippen LogP contribution < -0.4 is 10.1 Å². The minimum atomic E-state index is 0.458. The van der Waals surface area contributed by atoms with Crippen molar-refractivity contribution in [1.82, 2.24) is 19.5 Å². The van der Waals surface area contributed by atoms with E-state index in [2.05, 4.69) is 44.1 Å². The predicted molar refractivity (Wildman–Crippen MR) is 144 cm³/mol. The lowest BCUT2D eigenvalue weighted by atomic mass is 10.1. The molecule has 1 N–H and O–H groups in total. The van der Waals surface area contributed by atoms with E-state index < -0.39 is 0 Å². The summed E-state index contributed by atoms with van der Waals surface area (Å²) in [6.45, 7) is 8.25. The maximum absolute atomic E-state index is 6.58. The monoisotopic (exact) mass is 502 g/mol. The van der Waals surface area contributed by atoms with Crippen LogP contribution in [0.3, 0.4) is 0 Å². The molecule has 0 spiro atoms. The molecule has 4 heterocycles. The summed E-state index contributed by atoms with van der Waals surface area (Å²) in [5.41, 5.74) is 4.16. The van der Waals surface area contributed by atoms with Crippen LogP contribution in [0.2, 0.25) is 5.02 Å². The van der Waals surface area contributed by atoms with Crippen LogP contribution in [-0.2, 0) is 0 Å². The number of nitrogens with one attached hydrogen (secondary N) is 1. The number of rotatable bonds is 6. The molecule has 0 unspecified atom stereocenters. The highest BCUT2D eigenvalue weighted by Gasteiger charge is 2.23. The van der Waals surface area contributed by atoms with Gasteiger partial charge in [0, 0.05) is 31.0 Å². The number of hydrogen-bond acceptors (Lipinski definition) is 8. The van der Waals surface area contributed by atoms with Crippen molar-refractivity contribution >= 4 is 40.8 Å². The number of amidine groups is 1. The highest BCUT2D eigenvalue weighted by molar-refractivity contribution is 6.53. The fourth-order valence-corrected chi connectivity index (χ4v) is 4.04. The van der Waals surface area contributed by atoms with Crippen molar-refractivity contribution < 1.29 is 4.74 Å². The number of benzene rings is 1. The van der Waals surface area contributed by atoms with E-state index in [1.165, 1.54) is 24.7 Å². The Morgan fingerprint density at radius 2 is 2.11 bits per heavy atom. The molecule has 184 valence electrons. The van der Waals surface area contributed by atoms with Crippen LogP contribution in [0.5, 0.6) is 11.5 Å². The van der Waals surface area contributed by atoms with Crippen LogP contribution in [0.4, 0.5) is 5.69 Å². The van der Waals surface area contributed by atoms with Crippen molar-refractivity contribution in [1.29, 1.82) is 0 Å². The molecule has 1 aromatic carbocycles. The van der Waals surface area contributed by atoms with Crippen LogP contribution in [0.15, 0.2) is 81.0 Å². The topological polar surface area (TPSA) is 91.8 Å². The number of pyridine rings is 1. The van der Waals surface area contributed by atoms with Gasteiger partial charge in [-0.3, -0.25) is 0 Å². The van der Waals surface area contributed by atoms with Gasteiger partial charge in [-0.25, -0.2) is 24.5 Å². The van der Waals surface area contributed by atoms with Crippen LogP contribution in [0.1, 0.15) is 33.6 Å². The molecule has 2 aromatic heterocycles. The van der Waals surface area contributed by atoms with Gasteiger partial charge in [0.25, 0.3) is 0 Å². The van der Waals surface area contributed by atoms with E-state index in [-0.39, 0.29) is 0 Å². The Morgan fingerprint density at radius 1 is 1.25 bits per heavy atom. The average molecular weight is 503 g/mol. The maximum Gasteiger partial charge on any atom is 0.160 e. The van der Waals surface area contributed by atoms with Gasteiger partial charge in [0.05, 0.1) is 10.7 Å². The molecule has 0 atom stereocenters. The summed E-state index contributed by atoms with van der Waals surface area (Å²) in [6.07, 6.45) is 8.87. The molecule has 0 saturated carbocycles. The van der Waals surface area contributed by atoms with E-state index >= 15 is 0 Å². The average Bonchev–Trinajstić information content (AvgIpc) is 3.32. The minimum Gasteiger partial charge on any atom is -0.456 e. The molecule has 36 heavy (non-hydrogen) atoms. The zero-order chi connectivity index (χ0) is 25.1. The van der Waals surface area contributed by atoms with Crippen LogP contribution in [0.25, 0.3) is 5.65 Å². The molecule has 1 saturated heterocycles. The first-order valence-electron chi connectivity index (χ1n) is 11.9. The van der Waals surface area contributed by atoms with E-state index in [1.54, 1.807) is 22.8 Å². The van der Waals surface area contributed by atoms with Gasteiger partial charge in [-0.15, -0.1) is 0 Å². The Hall–Kier alpha value is -3.98. The van der Waals surface area contributed by atoms with E-state index in [0.29, 0.717) is 33.7 Å². The zero-order valence-electron chi connectivity index (χ0n) is 20.4. The van der Waals surface area contributed by atoms with Gasteiger partial charge in [0.2, 0.25) is 0 Å². The van der Waals surface area contributed by atoms with E-state index in [1.807, 2.05) is 31.2 Å². The van der Waals surface area contributed by atoms with Crippen LogP contribution in [-0.4, -0.2) is 50.5 Å². The third-order valence-electron chi connectivity index (χ3n) is 6.08. The second-order valence-corrected chi connectivity index (χ2v) is 8.86. The summed E-state index contributed by atoms with van der Waals surface area (Å²) in [4.78, 5) is 20.5. The first-order chi connectivity index (χ1) is 17.6. The third kappa shape index (κ3) is 4.87. The fraction of sp³-hybridized carbons (Fsp3) is 0.269. The second-order valence-electron chi connectivity index (χ2n) is 8.45. The first kappa shape index (κ1) is 23.7. The molecule has 1 fully saturated rings. The SMILES string of the molecule is C/C=C1/N=CN=C(Nc2ccc(Oc3ccn4ncnc4c3)c(Cl)c2)/C1=N/C(=C(\C)CC)N1CCC1. The van der Waals surface area contributed by atoms with Gasteiger partial charge in [0.1, 0.15) is 35.7 Å². The summed E-state index contributed by atoms with van der Waals surface area (Å²) >= 11 is 6.58. The van der Waals surface area contributed by atoms with Crippen molar-refractivity contribution in [2.24, 2.45) is 15.0 Å². The molecule has 0 aliphatic carbocycles. The summed E-state index contributed by atoms with van der Waals surface area (Å²) in [5.74, 6) is 2.76. The fourth-order valence-electron chi connectivity index (χ4n) is 3.82. The molecule has 0 radical (unpaired) electrons. The van der Waals surface area contributed by atoms with Crippen molar-refractivity contribution in [2.45, 2.75) is 33.6 Å².